The first-order chi connectivity index (χ1) is 13.4. The highest BCUT2D eigenvalue weighted by atomic mass is 16.5. The van der Waals surface area contributed by atoms with Crippen LogP contribution in [0.15, 0.2) is 36.4 Å². The Morgan fingerprint density at radius 1 is 0.741 bits per heavy atom. The molecule has 0 aliphatic heterocycles. The van der Waals surface area contributed by atoms with E-state index < -0.39 is 0 Å². The molecule has 0 saturated carbocycles. The predicted octanol–water partition coefficient (Wildman–Crippen LogP) is 7.25. The van der Waals surface area contributed by atoms with E-state index in [4.69, 9.17) is 4.74 Å². The van der Waals surface area contributed by atoms with Gasteiger partial charge in [-0.25, -0.2) is 0 Å². The van der Waals surface area contributed by atoms with Gasteiger partial charge in [0.1, 0.15) is 5.75 Å². The molecular formula is C25H39NO. The molecule has 0 atom stereocenters. The lowest BCUT2D eigenvalue weighted by molar-refractivity contribution is 0.302. The van der Waals surface area contributed by atoms with Gasteiger partial charge in [-0.15, -0.1) is 0 Å². The predicted molar refractivity (Wildman–Crippen MR) is 119 cm³/mol. The Labute approximate surface area is 166 Å². The molecule has 2 aromatic rings. The molecular weight excluding hydrogens is 330 g/mol. The first-order valence-corrected chi connectivity index (χ1v) is 11.2. The van der Waals surface area contributed by atoms with E-state index >= 15 is 0 Å². The minimum absolute atomic E-state index is 0.822. The largest absolute Gasteiger partial charge is 0.493 e. The molecule has 2 heteroatoms. The second-order valence-corrected chi connectivity index (χ2v) is 7.62. The quantitative estimate of drug-likeness (QED) is 0.334. The lowest BCUT2D eigenvalue weighted by Crippen LogP contribution is -2.16. The Balaban J connectivity index is 1.88. The van der Waals surface area contributed by atoms with Crippen LogP contribution in [-0.2, 0) is 6.54 Å². The maximum Gasteiger partial charge on any atom is 0.124 e. The van der Waals surface area contributed by atoms with Crippen LogP contribution in [-0.4, -0.2) is 13.2 Å². The smallest absolute Gasteiger partial charge is 0.124 e. The monoisotopic (exact) mass is 369 g/mol. The molecule has 27 heavy (non-hydrogen) atoms. The van der Waals surface area contributed by atoms with E-state index in [-0.39, 0.29) is 0 Å². The van der Waals surface area contributed by atoms with E-state index in [1.807, 2.05) is 0 Å². The maximum atomic E-state index is 6.17. The number of ether oxygens (including phenoxy) is 1. The Morgan fingerprint density at radius 3 is 2.26 bits per heavy atom. The molecule has 2 nitrogen and oxygen atoms in total. The molecule has 2 rings (SSSR count). The molecule has 2 aromatic carbocycles. The van der Waals surface area contributed by atoms with Gasteiger partial charge in [-0.2, -0.15) is 0 Å². The molecule has 150 valence electrons. The van der Waals surface area contributed by atoms with Crippen molar-refractivity contribution in [3.05, 3.63) is 42.0 Å². The van der Waals surface area contributed by atoms with Crippen LogP contribution >= 0.6 is 0 Å². The van der Waals surface area contributed by atoms with E-state index in [0.717, 1.165) is 31.9 Å². The van der Waals surface area contributed by atoms with Gasteiger partial charge in [0.15, 0.2) is 0 Å². The molecule has 0 aliphatic rings. The van der Waals surface area contributed by atoms with Crippen LogP contribution < -0.4 is 10.1 Å². The van der Waals surface area contributed by atoms with Crippen molar-refractivity contribution in [3.8, 4) is 5.75 Å². The molecule has 0 amide bonds. The molecule has 0 heterocycles. The van der Waals surface area contributed by atoms with Gasteiger partial charge in [0, 0.05) is 12.1 Å². The number of benzene rings is 2. The van der Waals surface area contributed by atoms with E-state index in [1.54, 1.807) is 0 Å². The summed E-state index contributed by atoms with van der Waals surface area (Å²) in [6.07, 6.45) is 13.0. The summed E-state index contributed by atoms with van der Waals surface area (Å²) in [5.74, 6) is 1.06. The van der Waals surface area contributed by atoms with Crippen molar-refractivity contribution in [2.45, 2.75) is 84.6 Å². The Morgan fingerprint density at radius 2 is 1.44 bits per heavy atom. The SMILES string of the molecule is CCCCCCCCNCc1c(OCCCCCC)ccc2ccccc12. The van der Waals surface area contributed by atoms with Crippen molar-refractivity contribution in [1.29, 1.82) is 0 Å². The lowest BCUT2D eigenvalue weighted by atomic mass is 10.0. The maximum absolute atomic E-state index is 6.17. The summed E-state index contributed by atoms with van der Waals surface area (Å²) in [6.45, 7) is 7.32. The molecule has 0 unspecified atom stereocenters. The molecule has 0 bridgehead atoms. The van der Waals surface area contributed by atoms with Crippen molar-refractivity contribution in [1.82, 2.24) is 5.32 Å². The zero-order valence-corrected chi connectivity index (χ0v) is 17.6. The molecule has 1 N–H and O–H groups in total. The average molecular weight is 370 g/mol. The van der Waals surface area contributed by atoms with Gasteiger partial charge in [-0.05, 0) is 36.2 Å². The van der Waals surface area contributed by atoms with E-state index in [0.29, 0.717) is 0 Å². The summed E-state index contributed by atoms with van der Waals surface area (Å²) < 4.78 is 6.17. The van der Waals surface area contributed by atoms with Crippen molar-refractivity contribution in [2.75, 3.05) is 13.2 Å². The van der Waals surface area contributed by atoms with Crippen LogP contribution in [0.2, 0.25) is 0 Å². The third kappa shape index (κ3) is 7.92. The number of nitrogens with one attached hydrogen (secondary N) is 1. The van der Waals surface area contributed by atoms with Crippen LogP contribution in [0.4, 0.5) is 0 Å². The number of unbranched alkanes of at least 4 members (excludes halogenated alkanes) is 8. The fourth-order valence-corrected chi connectivity index (χ4v) is 3.59. The Hall–Kier alpha value is -1.54. The van der Waals surface area contributed by atoms with Gasteiger partial charge in [-0.3, -0.25) is 0 Å². The van der Waals surface area contributed by atoms with Gasteiger partial charge in [0.2, 0.25) is 0 Å². The van der Waals surface area contributed by atoms with Gasteiger partial charge < -0.3 is 10.1 Å². The first-order valence-electron chi connectivity index (χ1n) is 11.2. The summed E-state index contributed by atoms with van der Waals surface area (Å²) in [6, 6.07) is 13.0. The molecule has 0 aromatic heterocycles. The van der Waals surface area contributed by atoms with E-state index in [9.17, 15) is 0 Å². The van der Waals surface area contributed by atoms with Crippen LogP contribution in [0.1, 0.15) is 83.6 Å². The second kappa shape index (κ2) is 13.6. The molecule has 0 radical (unpaired) electrons. The zero-order chi connectivity index (χ0) is 19.2. The highest BCUT2D eigenvalue weighted by molar-refractivity contribution is 5.87. The normalized spacial score (nSPS) is 11.2. The summed E-state index contributed by atoms with van der Waals surface area (Å²) in [5.41, 5.74) is 1.31. The Bertz CT molecular complexity index is 637. The van der Waals surface area contributed by atoms with Crippen LogP contribution in [0, 0.1) is 0 Å². The highest BCUT2D eigenvalue weighted by Gasteiger charge is 2.08. The van der Waals surface area contributed by atoms with Gasteiger partial charge in [-0.1, -0.05) is 95.5 Å². The van der Waals surface area contributed by atoms with Gasteiger partial charge in [0.05, 0.1) is 6.61 Å². The number of rotatable bonds is 15. The minimum atomic E-state index is 0.822. The van der Waals surface area contributed by atoms with Crippen LogP contribution in [0.3, 0.4) is 0 Å². The minimum Gasteiger partial charge on any atom is -0.493 e. The standard InChI is InChI=1S/C25H39NO/c1-3-5-7-9-10-13-19-26-21-24-23-16-12-11-15-22(23)17-18-25(24)27-20-14-8-6-4-2/h11-12,15-18,26H,3-10,13-14,19-21H2,1-2H3. The van der Waals surface area contributed by atoms with Crippen molar-refractivity contribution in [2.24, 2.45) is 0 Å². The summed E-state index contributed by atoms with van der Waals surface area (Å²) in [4.78, 5) is 0. The molecule has 0 aliphatic carbocycles. The van der Waals surface area contributed by atoms with Crippen molar-refractivity contribution in [3.63, 3.8) is 0 Å². The van der Waals surface area contributed by atoms with E-state index in [2.05, 4.69) is 55.6 Å². The van der Waals surface area contributed by atoms with Gasteiger partial charge >= 0.3 is 0 Å². The van der Waals surface area contributed by atoms with Gasteiger partial charge in [0.25, 0.3) is 0 Å². The topological polar surface area (TPSA) is 21.3 Å². The fraction of sp³-hybridized carbons (Fsp3) is 0.600. The van der Waals surface area contributed by atoms with Crippen LogP contribution in [0.25, 0.3) is 10.8 Å². The number of fused-ring (bicyclic) bond motifs is 1. The molecule has 0 fully saturated rings. The third-order valence-corrected chi connectivity index (χ3v) is 5.26. The van der Waals surface area contributed by atoms with Crippen LogP contribution in [0.5, 0.6) is 5.75 Å². The fourth-order valence-electron chi connectivity index (χ4n) is 3.59. The van der Waals surface area contributed by atoms with E-state index in [1.165, 1.54) is 74.1 Å². The average Bonchev–Trinajstić information content (AvgIpc) is 2.70. The molecule has 0 saturated heterocycles. The summed E-state index contributed by atoms with van der Waals surface area (Å²) >= 11 is 0. The zero-order valence-electron chi connectivity index (χ0n) is 17.6. The number of hydrogen-bond donors (Lipinski definition) is 1. The summed E-state index contributed by atoms with van der Waals surface area (Å²) in [7, 11) is 0. The lowest BCUT2D eigenvalue weighted by Gasteiger charge is -2.15. The first kappa shape index (κ1) is 21.8. The van der Waals surface area contributed by atoms with Crippen molar-refractivity contribution >= 4 is 10.8 Å². The van der Waals surface area contributed by atoms with Crippen molar-refractivity contribution < 1.29 is 4.74 Å². The molecule has 0 spiro atoms. The summed E-state index contributed by atoms with van der Waals surface area (Å²) in [5, 5.41) is 6.27. The highest BCUT2D eigenvalue weighted by Crippen LogP contribution is 2.28. The third-order valence-electron chi connectivity index (χ3n) is 5.26. The number of hydrogen-bond acceptors (Lipinski definition) is 2. The Kier molecular flexibility index (Phi) is 11.0. The second-order valence-electron chi connectivity index (χ2n) is 7.62.